The van der Waals surface area contributed by atoms with Crippen LogP contribution >= 0.6 is 0 Å². The fraction of sp³-hybridized carbons (Fsp3) is 0.400. The van der Waals surface area contributed by atoms with Gasteiger partial charge in [-0.25, -0.2) is 0 Å². The maximum Gasteiger partial charge on any atom is 0.303 e. The summed E-state index contributed by atoms with van der Waals surface area (Å²) in [6, 6.07) is 8.26. The number of rotatable bonds is 3. The van der Waals surface area contributed by atoms with E-state index >= 15 is 0 Å². The quantitative estimate of drug-likeness (QED) is 0.796. The van der Waals surface area contributed by atoms with Crippen LogP contribution in [0.5, 0.6) is 11.5 Å². The zero-order chi connectivity index (χ0) is 19.7. The van der Waals surface area contributed by atoms with E-state index < -0.39 is 36.4 Å². The van der Waals surface area contributed by atoms with Crippen molar-refractivity contribution >= 4 is 22.7 Å². The summed E-state index contributed by atoms with van der Waals surface area (Å²) in [6.45, 7) is 4.29. The number of hydrogen-bond donors (Lipinski definition) is 2. The summed E-state index contributed by atoms with van der Waals surface area (Å²) >= 11 is 0. The summed E-state index contributed by atoms with van der Waals surface area (Å²) in [7, 11) is 0. The Hall–Kier alpha value is -2.80. The second kappa shape index (κ2) is 7.44. The average Bonchev–Trinajstić information content (AvgIpc) is 2.58. The first-order valence-electron chi connectivity index (χ1n) is 8.71. The molecular formula is C20H22O7. The fourth-order valence-electron chi connectivity index (χ4n) is 3.53. The highest BCUT2D eigenvalue weighted by Gasteiger charge is 2.42. The molecular weight excluding hydrogens is 352 g/mol. The lowest BCUT2D eigenvalue weighted by atomic mass is 9.92. The third-order valence-corrected chi connectivity index (χ3v) is 4.66. The molecule has 0 spiro atoms. The van der Waals surface area contributed by atoms with E-state index in [2.05, 4.69) is 0 Å². The Morgan fingerprint density at radius 3 is 2.41 bits per heavy atom. The molecule has 0 bridgehead atoms. The van der Waals surface area contributed by atoms with Crippen LogP contribution in [-0.2, 0) is 23.8 Å². The molecule has 0 aliphatic carbocycles. The van der Waals surface area contributed by atoms with Crippen molar-refractivity contribution in [2.24, 2.45) is 0 Å². The van der Waals surface area contributed by atoms with Gasteiger partial charge >= 0.3 is 11.9 Å². The molecule has 7 nitrogen and oxygen atoms in total. The summed E-state index contributed by atoms with van der Waals surface area (Å²) in [5, 5.41) is 21.7. The number of phenolic OH excluding ortho intramolecular Hbond substituents is 2. The van der Waals surface area contributed by atoms with Gasteiger partial charge in [0.05, 0.1) is 12.2 Å². The third-order valence-electron chi connectivity index (χ3n) is 4.66. The number of benzene rings is 2. The van der Waals surface area contributed by atoms with Gasteiger partial charge in [0.1, 0.15) is 17.6 Å². The molecule has 1 aliphatic rings. The molecule has 4 atom stereocenters. The highest BCUT2D eigenvalue weighted by molar-refractivity contribution is 5.93. The Bertz CT molecular complexity index is 876. The average molecular weight is 374 g/mol. The molecule has 0 saturated carbocycles. The largest absolute Gasteiger partial charge is 0.507 e. The SMILES string of the molecule is CC(=O)O[C@@H]1C[C@@H](c2ccc3c(O)cccc3c2O)OC(C)[C@@H]1OC(C)=O. The van der Waals surface area contributed by atoms with Gasteiger partial charge < -0.3 is 24.4 Å². The molecule has 2 aromatic carbocycles. The molecule has 0 amide bonds. The molecule has 27 heavy (non-hydrogen) atoms. The van der Waals surface area contributed by atoms with Crippen molar-refractivity contribution in [3.8, 4) is 11.5 Å². The first kappa shape index (κ1) is 19.0. The maximum atomic E-state index is 11.5. The first-order valence-corrected chi connectivity index (χ1v) is 8.71. The molecule has 1 saturated heterocycles. The summed E-state index contributed by atoms with van der Waals surface area (Å²) in [5.74, 6) is -0.916. The van der Waals surface area contributed by atoms with Crippen molar-refractivity contribution in [2.45, 2.75) is 51.6 Å². The fourth-order valence-corrected chi connectivity index (χ4v) is 3.53. The van der Waals surface area contributed by atoms with Crippen molar-refractivity contribution < 1.29 is 34.0 Å². The van der Waals surface area contributed by atoms with Gasteiger partial charge in [0.25, 0.3) is 0 Å². The monoisotopic (exact) mass is 374 g/mol. The van der Waals surface area contributed by atoms with E-state index in [-0.39, 0.29) is 17.9 Å². The van der Waals surface area contributed by atoms with Gasteiger partial charge in [-0.2, -0.15) is 0 Å². The van der Waals surface area contributed by atoms with E-state index in [1.54, 1.807) is 37.3 Å². The van der Waals surface area contributed by atoms with Crippen molar-refractivity contribution in [1.29, 1.82) is 0 Å². The Balaban J connectivity index is 1.95. The van der Waals surface area contributed by atoms with Crippen LogP contribution in [0.4, 0.5) is 0 Å². The number of aromatic hydroxyl groups is 2. The molecule has 2 aromatic rings. The van der Waals surface area contributed by atoms with Crippen molar-refractivity contribution in [3.63, 3.8) is 0 Å². The highest BCUT2D eigenvalue weighted by Crippen LogP contribution is 2.42. The lowest BCUT2D eigenvalue weighted by Crippen LogP contribution is -2.48. The third kappa shape index (κ3) is 3.83. The molecule has 1 unspecified atom stereocenters. The van der Waals surface area contributed by atoms with Gasteiger partial charge in [0.15, 0.2) is 6.10 Å². The van der Waals surface area contributed by atoms with Gasteiger partial charge in [0.2, 0.25) is 0 Å². The zero-order valence-corrected chi connectivity index (χ0v) is 15.3. The van der Waals surface area contributed by atoms with E-state index in [0.29, 0.717) is 16.3 Å². The lowest BCUT2D eigenvalue weighted by Gasteiger charge is -2.39. The van der Waals surface area contributed by atoms with E-state index in [9.17, 15) is 19.8 Å². The predicted molar refractivity (Wildman–Crippen MR) is 96.3 cm³/mol. The van der Waals surface area contributed by atoms with E-state index in [1.165, 1.54) is 13.8 Å². The van der Waals surface area contributed by atoms with E-state index in [4.69, 9.17) is 14.2 Å². The minimum atomic E-state index is -0.728. The number of ether oxygens (including phenoxy) is 3. The number of carbonyl (C=O) groups is 2. The molecule has 7 heteroatoms. The minimum absolute atomic E-state index is 0.00638. The summed E-state index contributed by atoms with van der Waals surface area (Å²) in [4.78, 5) is 22.9. The van der Waals surface area contributed by atoms with Gasteiger partial charge in [-0.15, -0.1) is 0 Å². The normalized spacial score (nSPS) is 25.1. The van der Waals surface area contributed by atoms with Crippen LogP contribution < -0.4 is 0 Å². The van der Waals surface area contributed by atoms with Gasteiger partial charge in [-0.3, -0.25) is 9.59 Å². The van der Waals surface area contributed by atoms with Crippen LogP contribution in [0.1, 0.15) is 38.9 Å². The summed E-state index contributed by atoms with van der Waals surface area (Å²) < 4.78 is 16.6. The number of fused-ring (bicyclic) bond motifs is 1. The van der Waals surface area contributed by atoms with Gasteiger partial charge in [-0.05, 0) is 13.0 Å². The second-order valence-electron chi connectivity index (χ2n) is 6.66. The molecule has 1 aliphatic heterocycles. The summed E-state index contributed by atoms with van der Waals surface area (Å²) in [5.41, 5.74) is 0.512. The number of carbonyl (C=O) groups excluding carboxylic acids is 2. The highest BCUT2D eigenvalue weighted by atomic mass is 16.6. The standard InChI is InChI=1S/C20H22O7/c1-10-20(27-12(3)22)18(26-11(2)21)9-17(25-10)15-8-7-13-14(19(15)24)5-4-6-16(13)23/h4-8,10,17-18,20,23-24H,9H2,1-3H3/t10?,17-,18+,20-/m0/s1. The first-order chi connectivity index (χ1) is 12.8. The molecule has 1 fully saturated rings. The van der Waals surface area contributed by atoms with Crippen LogP contribution in [0.25, 0.3) is 10.8 Å². The van der Waals surface area contributed by atoms with Crippen molar-refractivity contribution in [3.05, 3.63) is 35.9 Å². The Morgan fingerprint density at radius 2 is 1.74 bits per heavy atom. The molecule has 0 aromatic heterocycles. The molecule has 1 heterocycles. The van der Waals surface area contributed by atoms with Crippen molar-refractivity contribution in [1.82, 2.24) is 0 Å². The number of phenols is 2. The minimum Gasteiger partial charge on any atom is -0.507 e. The topological polar surface area (TPSA) is 102 Å². The molecule has 144 valence electrons. The maximum absolute atomic E-state index is 11.5. The lowest BCUT2D eigenvalue weighted by molar-refractivity contribution is -0.204. The second-order valence-corrected chi connectivity index (χ2v) is 6.66. The molecule has 2 N–H and O–H groups in total. The Morgan fingerprint density at radius 1 is 1.04 bits per heavy atom. The van der Waals surface area contributed by atoms with Crippen LogP contribution in [0.15, 0.2) is 30.3 Å². The van der Waals surface area contributed by atoms with Crippen LogP contribution in [0.2, 0.25) is 0 Å². The van der Waals surface area contributed by atoms with Gasteiger partial charge in [0, 0.05) is 36.6 Å². The zero-order valence-electron chi connectivity index (χ0n) is 15.3. The van der Waals surface area contributed by atoms with Gasteiger partial charge in [-0.1, -0.05) is 24.3 Å². The van der Waals surface area contributed by atoms with Crippen LogP contribution in [0, 0.1) is 0 Å². The van der Waals surface area contributed by atoms with Crippen molar-refractivity contribution in [2.75, 3.05) is 0 Å². The Kier molecular flexibility index (Phi) is 5.23. The number of hydrogen-bond acceptors (Lipinski definition) is 7. The molecule has 3 rings (SSSR count). The Labute approximate surface area is 156 Å². The smallest absolute Gasteiger partial charge is 0.303 e. The van der Waals surface area contributed by atoms with E-state index in [1.807, 2.05) is 0 Å². The van der Waals surface area contributed by atoms with E-state index in [0.717, 1.165) is 0 Å². The van der Waals surface area contributed by atoms with Crippen LogP contribution in [-0.4, -0.2) is 40.5 Å². The predicted octanol–water partition coefficient (Wildman–Crippen LogP) is 2.96. The number of esters is 2. The van der Waals surface area contributed by atoms with Crippen LogP contribution in [0.3, 0.4) is 0 Å². The molecule has 0 radical (unpaired) electrons. The summed E-state index contributed by atoms with van der Waals surface area (Å²) in [6.07, 6.45) is -2.31.